The van der Waals surface area contributed by atoms with Gasteiger partial charge in [-0.05, 0) is 86.0 Å². The first-order chi connectivity index (χ1) is 18.9. The van der Waals surface area contributed by atoms with Crippen LogP contribution in [0.4, 0.5) is 5.69 Å². The van der Waals surface area contributed by atoms with Crippen LogP contribution in [0.15, 0.2) is 78.9 Å². The summed E-state index contributed by atoms with van der Waals surface area (Å²) in [6.45, 7) is 0.565. The van der Waals surface area contributed by atoms with Gasteiger partial charge in [-0.2, -0.15) is 5.48 Å². The number of amides is 2. The quantitative estimate of drug-likeness (QED) is 0.153. The van der Waals surface area contributed by atoms with Crippen molar-refractivity contribution >= 4 is 48.3 Å². The van der Waals surface area contributed by atoms with E-state index in [9.17, 15) is 14.4 Å². The van der Waals surface area contributed by atoms with Gasteiger partial charge in [-0.1, -0.05) is 61.0 Å². The second kappa shape index (κ2) is 19.6. The summed E-state index contributed by atoms with van der Waals surface area (Å²) >= 11 is 0. The number of benzene rings is 3. The van der Waals surface area contributed by atoms with Crippen LogP contribution in [0, 0.1) is 0 Å². The Hall–Kier alpha value is -3.43. The number of anilines is 1. The topological polar surface area (TPSA) is 137 Å². The molecule has 0 saturated carbocycles. The lowest BCUT2D eigenvalue weighted by molar-refractivity contribution is -0.129. The molecule has 1 atom stereocenters. The standard InChI is InChI=1S/C31H38N4O4.2ClH/c32-20-7-6-15-28(33)30(37)34-27-18-16-26(17-19-27)31(38)39-35-29(36)22-25-14-8-13-24(21-25)12-5-4-11-23-9-2-1-3-10-23;;/h1-3,8-10,13-14,16-19,21,28H,4-7,11-12,15,20,22,32-33H2,(H,34,37)(H,35,36);2*1H/t28-;;/m0../s1. The number of halogens is 2. The lowest BCUT2D eigenvalue weighted by Gasteiger charge is -2.12. The van der Waals surface area contributed by atoms with E-state index in [1.54, 1.807) is 12.1 Å². The normalized spacial score (nSPS) is 10.9. The minimum absolute atomic E-state index is 0. The van der Waals surface area contributed by atoms with Crippen LogP contribution in [-0.4, -0.2) is 30.4 Å². The molecule has 2 amide bonds. The van der Waals surface area contributed by atoms with Crippen LogP contribution >= 0.6 is 24.8 Å². The van der Waals surface area contributed by atoms with Crippen LogP contribution in [0.5, 0.6) is 0 Å². The number of nitrogens with two attached hydrogens (primary N) is 2. The zero-order valence-corrected chi connectivity index (χ0v) is 24.7. The van der Waals surface area contributed by atoms with Crippen molar-refractivity contribution in [2.75, 3.05) is 11.9 Å². The van der Waals surface area contributed by atoms with Gasteiger partial charge in [0.1, 0.15) is 0 Å². The molecule has 10 heteroatoms. The zero-order valence-electron chi connectivity index (χ0n) is 23.1. The molecule has 0 fully saturated rings. The lowest BCUT2D eigenvalue weighted by Crippen LogP contribution is -2.35. The summed E-state index contributed by atoms with van der Waals surface area (Å²) in [5.41, 5.74) is 17.7. The van der Waals surface area contributed by atoms with Gasteiger partial charge in [-0.25, -0.2) is 4.79 Å². The number of hydrogen-bond donors (Lipinski definition) is 4. The van der Waals surface area contributed by atoms with Gasteiger partial charge in [0.25, 0.3) is 5.91 Å². The summed E-state index contributed by atoms with van der Waals surface area (Å²) in [6, 6.07) is 23.9. The molecule has 222 valence electrons. The maximum Gasteiger partial charge on any atom is 0.362 e. The summed E-state index contributed by atoms with van der Waals surface area (Å²) in [5.74, 6) is -1.42. The van der Waals surface area contributed by atoms with E-state index in [0.717, 1.165) is 44.1 Å². The molecule has 0 bridgehead atoms. The molecule has 0 aliphatic carbocycles. The Balaban J connectivity index is 0.00000420. The summed E-state index contributed by atoms with van der Waals surface area (Å²) < 4.78 is 0. The maximum atomic E-state index is 12.4. The van der Waals surface area contributed by atoms with Crippen LogP contribution in [0.3, 0.4) is 0 Å². The summed E-state index contributed by atoms with van der Waals surface area (Å²) in [4.78, 5) is 41.9. The molecule has 0 radical (unpaired) electrons. The number of hydroxylamine groups is 1. The van der Waals surface area contributed by atoms with E-state index < -0.39 is 17.9 Å². The monoisotopic (exact) mass is 602 g/mol. The Morgan fingerprint density at radius 2 is 1.39 bits per heavy atom. The first-order valence-corrected chi connectivity index (χ1v) is 13.4. The minimum atomic E-state index is -0.702. The van der Waals surface area contributed by atoms with Crippen LogP contribution < -0.4 is 22.3 Å². The van der Waals surface area contributed by atoms with Crippen molar-refractivity contribution in [2.45, 2.75) is 57.4 Å². The predicted octanol–water partition coefficient (Wildman–Crippen LogP) is 4.92. The van der Waals surface area contributed by atoms with Crippen molar-refractivity contribution in [2.24, 2.45) is 11.5 Å². The minimum Gasteiger partial charge on any atom is -0.335 e. The number of hydrogen-bond acceptors (Lipinski definition) is 6. The first-order valence-electron chi connectivity index (χ1n) is 13.4. The van der Waals surface area contributed by atoms with Crippen molar-refractivity contribution in [3.8, 4) is 0 Å². The molecule has 8 nitrogen and oxygen atoms in total. The fourth-order valence-corrected chi connectivity index (χ4v) is 4.15. The van der Waals surface area contributed by atoms with E-state index in [4.69, 9.17) is 16.3 Å². The molecule has 0 saturated heterocycles. The fraction of sp³-hybridized carbons (Fsp3) is 0.323. The Bertz CT molecular complexity index is 1210. The molecule has 3 rings (SSSR count). The van der Waals surface area contributed by atoms with Gasteiger partial charge in [0.15, 0.2) is 0 Å². The highest BCUT2D eigenvalue weighted by molar-refractivity contribution is 5.96. The molecule has 41 heavy (non-hydrogen) atoms. The molecule has 0 spiro atoms. The molecule has 0 unspecified atom stereocenters. The number of rotatable bonds is 14. The van der Waals surface area contributed by atoms with Gasteiger partial charge in [-0.3, -0.25) is 9.59 Å². The number of aryl methyl sites for hydroxylation is 2. The Labute approximate surface area is 254 Å². The van der Waals surface area contributed by atoms with E-state index >= 15 is 0 Å². The summed E-state index contributed by atoms with van der Waals surface area (Å²) in [7, 11) is 0. The maximum absolute atomic E-state index is 12.4. The molecule has 0 heterocycles. The third kappa shape index (κ3) is 13.2. The second-order valence-corrected chi connectivity index (χ2v) is 9.56. The molecule has 3 aromatic carbocycles. The van der Waals surface area contributed by atoms with E-state index in [0.29, 0.717) is 18.7 Å². The van der Waals surface area contributed by atoms with E-state index in [-0.39, 0.29) is 42.7 Å². The van der Waals surface area contributed by atoms with E-state index in [1.807, 2.05) is 24.3 Å². The van der Waals surface area contributed by atoms with Gasteiger partial charge in [0, 0.05) is 5.69 Å². The van der Waals surface area contributed by atoms with Crippen LogP contribution in [-0.2, 0) is 33.7 Å². The highest BCUT2D eigenvalue weighted by atomic mass is 35.5. The van der Waals surface area contributed by atoms with Crippen molar-refractivity contribution in [1.29, 1.82) is 0 Å². The van der Waals surface area contributed by atoms with Gasteiger partial charge < -0.3 is 21.6 Å². The molecule has 0 aliphatic rings. The number of carbonyl (C=O) groups excluding carboxylic acids is 3. The molecule has 0 aliphatic heterocycles. The largest absolute Gasteiger partial charge is 0.362 e. The van der Waals surface area contributed by atoms with Crippen LogP contribution in [0.25, 0.3) is 0 Å². The van der Waals surface area contributed by atoms with Crippen LogP contribution in [0.2, 0.25) is 0 Å². The SMILES string of the molecule is Cl.Cl.NCCCC[C@H](N)C(=O)Nc1ccc(C(=O)ONC(=O)Cc2cccc(CCCCc3ccccc3)c2)cc1. The fourth-order valence-electron chi connectivity index (χ4n) is 4.15. The lowest BCUT2D eigenvalue weighted by atomic mass is 10.0. The summed E-state index contributed by atoms with van der Waals surface area (Å²) in [6.07, 6.45) is 6.39. The highest BCUT2D eigenvalue weighted by Crippen LogP contribution is 2.13. The van der Waals surface area contributed by atoms with E-state index in [1.165, 1.54) is 23.3 Å². The third-order valence-electron chi connectivity index (χ3n) is 6.33. The highest BCUT2D eigenvalue weighted by Gasteiger charge is 2.14. The van der Waals surface area contributed by atoms with Gasteiger partial charge in [0.05, 0.1) is 18.0 Å². The number of unbranched alkanes of at least 4 members (excludes halogenated alkanes) is 2. The van der Waals surface area contributed by atoms with Crippen LogP contribution in [0.1, 0.15) is 59.2 Å². The number of nitrogens with one attached hydrogen (secondary N) is 2. The molecule has 0 aromatic heterocycles. The van der Waals surface area contributed by atoms with Crippen molar-refractivity contribution in [3.05, 3.63) is 101 Å². The van der Waals surface area contributed by atoms with Gasteiger partial charge in [0.2, 0.25) is 5.91 Å². The van der Waals surface area contributed by atoms with Gasteiger partial charge in [-0.15, -0.1) is 24.8 Å². The van der Waals surface area contributed by atoms with Crippen molar-refractivity contribution in [3.63, 3.8) is 0 Å². The average molecular weight is 604 g/mol. The van der Waals surface area contributed by atoms with E-state index in [2.05, 4.69) is 41.1 Å². The Morgan fingerprint density at radius 3 is 2.07 bits per heavy atom. The Kier molecular flexibility index (Phi) is 17.0. The zero-order chi connectivity index (χ0) is 27.9. The number of carbonyl (C=O) groups is 3. The smallest absolute Gasteiger partial charge is 0.335 e. The first kappa shape index (κ1) is 35.6. The van der Waals surface area contributed by atoms with Crippen molar-refractivity contribution < 1.29 is 19.2 Å². The van der Waals surface area contributed by atoms with Gasteiger partial charge >= 0.3 is 5.97 Å². The molecular formula is C31H40Cl2N4O4. The Morgan fingerprint density at radius 1 is 0.756 bits per heavy atom. The molecular weight excluding hydrogens is 563 g/mol. The van der Waals surface area contributed by atoms with Crippen molar-refractivity contribution in [1.82, 2.24) is 5.48 Å². The molecule has 6 N–H and O–H groups in total. The summed E-state index contributed by atoms with van der Waals surface area (Å²) in [5, 5.41) is 2.72. The average Bonchev–Trinajstić information content (AvgIpc) is 2.95. The third-order valence-corrected chi connectivity index (χ3v) is 6.33. The predicted molar refractivity (Wildman–Crippen MR) is 167 cm³/mol. The second-order valence-electron chi connectivity index (χ2n) is 9.56. The molecule has 3 aromatic rings.